The molecule has 1 atom stereocenters. The maximum atomic E-state index is 12.5. The molecule has 3 heterocycles. The van der Waals surface area contributed by atoms with Crippen LogP contribution in [0.2, 0.25) is 0 Å². The maximum absolute atomic E-state index is 12.5. The molecule has 1 unspecified atom stereocenters. The van der Waals surface area contributed by atoms with Gasteiger partial charge in [0.2, 0.25) is 0 Å². The minimum Gasteiger partial charge on any atom is -1.00 e. The number of aliphatic hydroxyl groups is 1. The molecule has 6 rings (SSSR count). The molecule has 2 bridgehead atoms. The summed E-state index contributed by atoms with van der Waals surface area (Å²) in [5, 5.41) is 12.5. The summed E-state index contributed by atoms with van der Waals surface area (Å²) in [7, 11) is 0. The number of piperidine rings is 3. The number of hydrogen-bond acceptors (Lipinski definition) is 2. The average molecular weight is 494 g/mol. The zero-order valence-corrected chi connectivity index (χ0v) is 20.0. The van der Waals surface area contributed by atoms with Crippen LogP contribution in [0.15, 0.2) is 91.0 Å². The van der Waals surface area contributed by atoms with Crippen LogP contribution in [0.5, 0.6) is 0 Å². The topological polar surface area (TPSA) is 33.9 Å². The van der Waals surface area contributed by atoms with Crippen molar-refractivity contribution in [2.75, 3.05) is 19.7 Å². The number of quaternary nitrogens is 1. The molecule has 3 aliphatic heterocycles. The highest BCUT2D eigenvalue weighted by atomic mass is 79.9. The first-order valence-corrected chi connectivity index (χ1v) is 11.5. The summed E-state index contributed by atoms with van der Waals surface area (Å²) in [6.07, 6.45) is 3.06. The van der Waals surface area contributed by atoms with Crippen LogP contribution in [-0.2, 0) is 16.9 Å². The number of halogens is 1. The molecule has 0 aromatic heterocycles. The van der Waals surface area contributed by atoms with Crippen LogP contribution in [0.1, 0.15) is 36.0 Å². The van der Waals surface area contributed by atoms with E-state index in [-0.39, 0.29) is 22.4 Å². The minimum absolute atomic E-state index is 0. The first-order chi connectivity index (χ1) is 15.2. The maximum Gasteiger partial charge on any atom is 0.121 e. The molecule has 168 valence electrons. The third-order valence-electron chi connectivity index (χ3n) is 7.65. The number of ether oxygens (including phenoxy) is 1. The van der Waals surface area contributed by atoms with Gasteiger partial charge in [-0.2, -0.15) is 0 Å². The summed E-state index contributed by atoms with van der Waals surface area (Å²) in [5.41, 5.74) is 2.08. The number of nitrogens with one attached hydrogen (secondary N) is 1. The highest BCUT2D eigenvalue weighted by Gasteiger charge is 2.59. The van der Waals surface area contributed by atoms with Gasteiger partial charge in [-0.05, 0) is 16.7 Å². The average Bonchev–Trinajstić information content (AvgIpc) is 2.86. The van der Waals surface area contributed by atoms with Gasteiger partial charge in [-0.3, -0.25) is 0 Å². The van der Waals surface area contributed by atoms with Crippen molar-refractivity contribution in [2.45, 2.75) is 37.5 Å². The molecule has 2 N–H and O–H groups in total. The third-order valence-corrected chi connectivity index (χ3v) is 7.65. The summed E-state index contributed by atoms with van der Waals surface area (Å²) in [6.45, 7) is 3.59. The lowest BCUT2D eigenvalue weighted by Crippen LogP contribution is -3.20. The van der Waals surface area contributed by atoms with Gasteiger partial charge in [-0.1, -0.05) is 91.0 Å². The van der Waals surface area contributed by atoms with Crippen LogP contribution in [0.3, 0.4) is 0 Å². The normalized spacial score (nSPS) is 24.7. The van der Waals surface area contributed by atoms with E-state index in [0.29, 0.717) is 12.6 Å². The highest BCUT2D eigenvalue weighted by molar-refractivity contribution is 5.39. The van der Waals surface area contributed by atoms with Crippen LogP contribution < -0.4 is 21.9 Å². The molecule has 0 aliphatic carbocycles. The Morgan fingerprint density at radius 3 is 1.84 bits per heavy atom. The second-order valence-corrected chi connectivity index (χ2v) is 9.28. The summed E-state index contributed by atoms with van der Waals surface area (Å²) in [4.78, 5) is 1.64. The van der Waals surface area contributed by atoms with E-state index < -0.39 is 5.60 Å². The zero-order chi connectivity index (χ0) is 21.2. The number of benzene rings is 3. The van der Waals surface area contributed by atoms with Gasteiger partial charge in [0.15, 0.2) is 0 Å². The van der Waals surface area contributed by atoms with E-state index in [0.717, 1.165) is 50.1 Å². The molecule has 3 aromatic rings. The van der Waals surface area contributed by atoms with E-state index >= 15 is 0 Å². The van der Waals surface area contributed by atoms with Gasteiger partial charge in [-0.25, -0.2) is 0 Å². The third kappa shape index (κ3) is 4.17. The van der Waals surface area contributed by atoms with Crippen LogP contribution in [0, 0.1) is 5.41 Å². The largest absolute Gasteiger partial charge is 1.00 e. The zero-order valence-electron chi connectivity index (χ0n) is 18.4. The van der Waals surface area contributed by atoms with Gasteiger partial charge in [0.25, 0.3) is 0 Å². The Bertz CT molecular complexity index is 933. The SMILES string of the molecule is OC(c1ccccc1)(c1ccccc1)C12CC[NH+](CC1)C(COCc1ccccc1)C2.[Br-]. The predicted molar refractivity (Wildman–Crippen MR) is 123 cm³/mol. The van der Waals surface area contributed by atoms with E-state index in [1.807, 2.05) is 42.5 Å². The van der Waals surface area contributed by atoms with Crippen molar-refractivity contribution < 1.29 is 31.7 Å². The molecular weight excluding hydrogens is 462 g/mol. The molecule has 4 heteroatoms. The molecule has 3 saturated heterocycles. The standard InChI is InChI=1S/C28H31NO2.BrH/c30-28(24-12-6-2-7-13-24,25-14-8-3-9-15-25)27-16-18-29(19-17-27)26(20-27)22-31-21-23-10-4-1-5-11-23;/h1-15,26,30H,16-22H2;1H. The molecule has 0 radical (unpaired) electrons. The smallest absolute Gasteiger partial charge is 0.121 e. The number of rotatable bonds is 7. The summed E-state index contributed by atoms with van der Waals surface area (Å²) in [6, 6.07) is 31.4. The van der Waals surface area contributed by atoms with Crippen molar-refractivity contribution >= 4 is 0 Å². The lowest BCUT2D eigenvalue weighted by atomic mass is 9.55. The monoisotopic (exact) mass is 493 g/mol. The Morgan fingerprint density at radius 2 is 1.31 bits per heavy atom. The Kier molecular flexibility index (Phi) is 7.16. The Morgan fingerprint density at radius 1 is 0.812 bits per heavy atom. The van der Waals surface area contributed by atoms with Crippen LogP contribution >= 0.6 is 0 Å². The molecule has 3 aliphatic rings. The van der Waals surface area contributed by atoms with Crippen molar-refractivity contribution in [1.29, 1.82) is 0 Å². The van der Waals surface area contributed by atoms with Gasteiger partial charge in [0, 0.05) is 24.7 Å². The molecule has 3 aromatic carbocycles. The second kappa shape index (κ2) is 9.88. The van der Waals surface area contributed by atoms with Crippen LogP contribution in [0.25, 0.3) is 0 Å². The van der Waals surface area contributed by atoms with Crippen LogP contribution in [0.4, 0.5) is 0 Å². The molecule has 32 heavy (non-hydrogen) atoms. The van der Waals surface area contributed by atoms with E-state index in [1.54, 1.807) is 4.90 Å². The Labute approximate surface area is 201 Å². The summed E-state index contributed by atoms with van der Waals surface area (Å²) >= 11 is 0. The fourth-order valence-corrected chi connectivity index (χ4v) is 6.00. The van der Waals surface area contributed by atoms with Crippen molar-refractivity contribution in [3.8, 4) is 0 Å². The Hall–Kier alpha value is -1.98. The fourth-order valence-electron chi connectivity index (χ4n) is 6.00. The molecular formula is C28H32BrNO2. The van der Waals surface area contributed by atoms with Gasteiger partial charge >= 0.3 is 0 Å². The minimum atomic E-state index is -0.987. The molecule has 0 saturated carbocycles. The molecule has 0 spiro atoms. The van der Waals surface area contributed by atoms with Crippen molar-refractivity contribution in [3.63, 3.8) is 0 Å². The van der Waals surface area contributed by atoms with Gasteiger partial charge < -0.3 is 31.7 Å². The van der Waals surface area contributed by atoms with Gasteiger partial charge in [0.1, 0.15) is 11.6 Å². The number of hydrogen-bond donors (Lipinski definition) is 2. The van der Waals surface area contributed by atoms with Crippen molar-refractivity contribution in [3.05, 3.63) is 108 Å². The second-order valence-electron chi connectivity index (χ2n) is 9.28. The first kappa shape index (κ1) is 23.2. The fraction of sp³-hybridized carbons (Fsp3) is 0.357. The van der Waals surface area contributed by atoms with E-state index in [1.165, 1.54) is 5.56 Å². The van der Waals surface area contributed by atoms with Crippen LogP contribution in [-0.4, -0.2) is 30.8 Å². The lowest BCUT2D eigenvalue weighted by Gasteiger charge is -2.57. The van der Waals surface area contributed by atoms with E-state index in [2.05, 4.69) is 48.5 Å². The quantitative estimate of drug-likeness (QED) is 0.504. The molecule has 3 fully saturated rings. The van der Waals surface area contributed by atoms with E-state index in [9.17, 15) is 5.11 Å². The molecule has 0 amide bonds. The molecule has 3 nitrogen and oxygen atoms in total. The lowest BCUT2D eigenvalue weighted by molar-refractivity contribution is -0.946. The Balaban J connectivity index is 0.00000245. The summed E-state index contributed by atoms with van der Waals surface area (Å²) in [5.74, 6) is 0. The highest BCUT2D eigenvalue weighted by Crippen LogP contribution is 2.54. The summed E-state index contributed by atoms with van der Waals surface area (Å²) < 4.78 is 6.18. The number of fused-ring (bicyclic) bond motifs is 3. The van der Waals surface area contributed by atoms with Gasteiger partial charge in [-0.15, -0.1) is 0 Å². The first-order valence-electron chi connectivity index (χ1n) is 11.5. The van der Waals surface area contributed by atoms with Gasteiger partial charge in [0.05, 0.1) is 26.3 Å². The predicted octanol–water partition coefficient (Wildman–Crippen LogP) is 0.581. The van der Waals surface area contributed by atoms with Crippen molar-refractivity contribution in [2.24, 2.45) is 5.41 Å². The van der Waals surface area contributed by atoms with Crippen molar-refractivity contribution in [1.82, 2.24) is 0 Å². The van der Waals surface area contributed by atoms with E-state index in [4.69, 9.17) is 4.74 Å².